The van der Waals surface area contributed by atoms with E-state index in [-0.39, 0.29) is 24.0 Å². The second-order valence-corrected chi connectivity index (χ2v) is 11.8. The maximum atomic E-state index is 14.1. The first-order chi connectivity index (χ1) is 17.9. The Kier molecular flexibility index (Phi) is 9.15. The third kappa shape index (κ3) is 5.51. The molecule has 1 N–H and O–H groups in total. The van der Waals surface area contributed by atoms with E-state index in [4.69, 9.17) is 4.52 Å². The molecular weight excluding hydrogens is 477 g/mol. The van der Waals surface area contributed by atoms with Gasteiger partial charge in [0, 0.05) is 25.7 Å². The number of carbonyl (C=O) groups is 1. The highest BCUT2D eigenvalue weighted by Gasteiger charge is 2.49. The lowest BCUT2D eigenvalue weighted by atomic mass is 9.75. The van der Waals surface area contributed by atoms with Crippen LogP contribution in [0.25, 0.3) is 0 Å². The highest BCUT2D eigenvalue weighted by Crippen LogP contribution is 2.47. The van der Waals surface area contributed by atoms with E-state index in [1.165, 1.54) is 0 Å². The molecule has 3 aromatic carbocycles. The topological polar surface area (TPSA) is 44.8 Å². The van der Waals surface area contributed by atoms with Crippen molar-refractivity contribution < 1.29 is 9.32 Å². The molecule has 3 aromatic rings. The second-order valence-electron chi connectivity index (χ2n) is 10.2. The molecule has 1 heterocycles. The number of amides is 1. The van der Waals surface area contributed by atoms with Gasteiger partial charge in [0.1, 0.15) is 0 Å². The predicted octanol–water partition coefficient (Wildman–Crippen LogP) is 6.55. The highest BCUT2D eigenvalue weighted by atomic mass is 31.2. The zero-order valence-electron chi connectivity index (χ0n) is 22.7. The van der Waals surface area contributed by atoms with Crippen molar-refractivity contribution in [2.24, 2.45) is 0 Å². The molecule has 2 atom stereocenters. The van der Waals surface area contributed by atoms with E-state index in [2.05, 4.69) is 133 Å². The van der Waals surface area contributed by atoms with Crippen molar-refractivity contribution in [2.75, 3.05) is 13.7 Å². The molecular formula is C31H40N3O2P. The fraction of sp³-hybridized carbons (Fsp3) is 0.387. The molecule has 0 saturated carbocycles. The monoisotopic (exact) mass is 517 g/mol. The minimum Gasteiger partial charge on any atom is -0.330 e. The molecule has 196 valence electrons. The summed E-state index contributed by atoms with van der Waals surface area (Å²) in [6.07, 6.45) is 1.76. The van der Waals surface area contributed by atoms with Gasteiger partial charge in [0.25, 0.3) is 0 Å². The van der Waals surface area contributed by atoms with Gasteiger partial charge in [0.2, 0.25) is 14.4 Å². The molecule has 0 aliphatic carbocycles. The van der Waals surface area contributed by atoms with Gasteiger partial charge in [0.15, 0.2) is 0 Å². The van der Waals surface area contributed by atoms with Crippen LogP contribution in [0, 0.1) is 0 Å². The number of likely N-dealkylation sites (tertiary alicyclic amines) is 1. The minimum atomic E-state index is -1.27. The number of nitrogens with one attached hydrogen (secondary N) is 1. The van der Waals surface area contributed by atoms with Crippen LogP contribution in [0.2, 0.25) is 0 Å². The van der Waals surface area contributed by atoms with Crippen molar-refractivity contribution in [3.8, 4) is 0 Å². The molecule has 1 unspecified atom stereocenters. The fourth-order valence-electron chi connectivity index (χ4n) is 5.86. The molecule has 1 fully saturated rings. The first-order valence-corrected chi connectivity index (χ1v) is 14.5. The number of carbonyl (C=O) groups excluding carboxylic acids is 1. The molecule has 1 amide bonds. The van der Waals surface area contributed by atoms with Crippen LogP contribution in [0.4, 0.5) is 0 Å². The zero-order valence-corrected chi connectivity index (χ0v) is 23.6. The summed E-state index contributed by atoms with van der Waals surface area (Å²) in [5, 5.41) is 3.32. The summed E-state index contributed by atoms with van der Waals surface area (Å²) in [5.41, 5.74) is 2.87. The van der Waals surface area contributed by atoms with Crippen molar-refractivity contribution in [3.05, 3.63) is 108 Å². The molecule has 1 saturated heterocycles. The summed E-state index contributed by atoms with van der Waals surface area (Å²) in [4.78, 5) is 16.5. The quantitative estimate of drug-likeness (QED) is 0.245. The number of hydrogen-bond donors (Lipinski definition) is 1. The smallest absolute Gasteiger partial charge is 0.243 e. The van der Waals surface area contributed by atoms with Gasteiger partial charge in [0.05, 0.1) is 11.6 Å². The van der Waals surface area contributed by atoms with E-state index in [0.29, 0.717) is 0 Å². The zero-order chi connectivity index (χ0) is 26.4. The normalized spacial score (nSPS) is 17.5. The molecule has 37 heavy (non-hydrogen) atoms. The van der Waals surface area contributed by atoms with E-state index < -0.39 is 14.0 Å². The van der Waals surface area contributed by atoms with Crippen molar-refractivity contribution >= 4 is 14.4 Å². The van der Waals surface area contributed by atoms with Crippen LogP contribution in [0.1, 0.15) is 57.2 Å². The average molecular weight is 518 g/mol. The molecule has 5 nitrogen and oxygen atoms in total. The van der Waals surface area contributed by atoms with Gasteiger partial charge in [-0.1, -0.05) is 91.0 Å². The molecule has 1 aliphatic rings. The van der Waals surface area contributed by atoms with Gasteiger partial charge < -0.3 is 4.52 Å². The van der Waals surface area contributed by atoms with Crippen LogP contribution in [0.15, 0.2) is 91.0 Å². The van der Waals surface area contributed by atoms with Gasteiger partial charge >= 0.3 is 0 Å². The molecule has 4 rings (SSSR count). The summed E-state index contributed by atoms with van der Waals surface area (Å²) in [6, 6.07) is 32.1. The summed E-state index contributed by atoms with van der Waals surface area (Å²) in [7, 11) is 0.426. The molecule has 0 bridgehead atoms. The molecule has 1 aliphatic heterocycles. The largest absolute Gasteiger partial charge is 0.330 e. The molecule has 0 radical (unpaired) electrons. The van der Waals surface area contributed by atoms with Crippen LogP contribution in [0.5, 0.6) is 0 Å². The van der Waals surface area contributed by atoms with Crippen LogP contribution < -0.4 is 5.09 Å². The Hall–Kier alpha value is -2.56. The molecule has 0 spiro atoms. The van der Waals surface area contributed by atoms with Gasteiger partial charge in [-0.25, -0.2) is 4.67 Å². The van der Waals surface area contributed by atoms with Gasteiger partial charge in [-0.3, -0.25) is 14.8 Å². The maximum Gasteiger partial charge on any atom is 0.243 e. The summed E-state index contributed by atoms with van der Waals surface area (Å²) < 4.78 is 8.14. The van der Waals surface area contributed by atoms with E-state index in [0.717, 1.165) is 36.1 Å². The van der Waals surface area contributed by atoms with Gasteiger partial charge in [-0.2, -0.15) is 0 Å². The van der Waals surface area contributed by atoms with E-state index in [1.807, 2.05) is 0 Å². The Morgan fingerprint density at radius 3 is 1.68 bits per heavy atom. The van der Waals surface area contributed by atoms with Crippen LogP contribution >= 0.6 is 8.45 Å². The fourth-order valence-corrected chi connectivity index (χ4v) is 7.43. The third-order valence-corrected chi connectivity index (χ3v) is 9.31. The van der Waals surface area contributed by atoms with Crippen molar-refractivity contribution in [1.29, 1.82) is 0 Å². The molecule has 6 heteroatoms. The van der Waals surface area contributed by atoms with Crippen molar-refractivity contribution in [1.82, 2.24) is 14.7 Å². The lowest BCUT2D eigenvalue weighted by Gasteiger charge is -2.46. The lowest BCUT2D eigenvalue weighted by molar-refractivity contribution is -0.125. The van der Waals surface area contributed by atoms with E-state index >= 15 is 0 Å². The number of hydrogen-bond acceptors (Lipinski definition) is 4. The average Bonchev–Trinajstić information content (AvgIpc) is 3.40. The first kappa shape index (κ1) is 27.5. The predicted molar refractivity (Wildman–Crippen MR) is 153 cm³/mol. The summed E-state index contributed by atoms with van der Waals surface area (Å²) >= 11 is 0. The highest BCUT2D eigenvalue weighted by molar-refractivity contribution is 7.48. The van der Waals surface area contributed by atoms with E-state index in [1.54, 1.807) is 7.11 Å². The SMILES string of the molecule is COP(NC(=O)[C@H]1CCCN1C(c1ccccc1)(c1ccccc1)c1ccccc1)N(C(C)C)C(C)C. The van der Waals surface area contributed by atoms with Gasteiger partial charge in [-0.05, 0) is 57.2 Å². The van der Waals surface area contributed by atoms with Crippen LogP contribution in [-0.4, -0.2) is 47.3 Å². The van der Waals surface area contributed by atoms with Crippen LogP contribution in [0.3, 0.4) is 0 Å². The number of rotatable bonds is 10. The minimum absolute atomic E-state index is 0.0314. The number of nitrogens with zero attached hydrogens (tertiary/aromatic N) is 2. The number of benzene rings is 3. The van der Waals surface area contributed by atoms with E-state index in [9.17, 15) is 4.79 Å². The Morgan fingerprint density at radius 2 is 1.30 bits per heavy atom. The van der Waals surface area contributed by atoms with Gasteiger partial charge in [-0.15, -0.1) is 0 Å². The Bertz CT molecular complexity index is 1020. The Balaban J connectivity index is 1.82. The lowest BCUT2D eigenvalue weighted by Crippen LogP contribution is -2.55. The Labute approximate surface area is 223 Å². The first-order valence-electron chi connectivity index (χ1n) is 13.3. The standard InChI is InChI=1S/C31H40N3O2P/c1-24(2)34(25(3)4)37(36-5)32-30(35)29-22-15-23-33(29)31(26-16-9-6-10-17-26,27-18-11-7-12-19-27)28-20-13-8-14-21-28/h6-14,16-21,24-25,29H,15,22-23H2,1-5H3,(H,32,35)/t29-,37?/m1/s1. The third-order valence-electron chi connectivity index (χ3n) is 7.21. The Morgan fingerprint density at radius 1 is 0.865 bits per heavy atom. The summed E-state index contributed by atoms with van der Waals surface area (Å²) in [5.74, 6) is 0.0314. The van der Waals surface area contributed by atoms with Crippen LogP contribution in [-0.2, 0) is 14.9 Å². The molecule has 0 aromatic heterocycles. The second kappa shape index (κ2) is 12.3. The maximum absolute atomic E-state index is 14.1. The van der Waals surface area contributed by atoms with Crippen molar-refractivity contribution in [2.45, 2.75) is 64.2 Å². The van der Waals surface area contributed by atoms with Crippen molar-refractivity contribution in [3.63, 3.8) is 0 Å². The summed E-state index contributed by atoms with van der Waals surface area (Å²) in [6.45, 7) is 9.40.